The molecule has 2 aliphatic heterocycles. The van der Waals surface area contributed by atoms with Crippen molar-refractivity contribution in [3.8, 4) is 0 Å². The molecule has 2 radical (unpaired) electrons. The number of nitrogens with zero attached hydrogens (tertiary/aromatic N) is 1. The molecule has 1 nitrogen and oxygen atoms in total. The number of rotatable bonds is 0. The second-order valence-electron chi connectivity index (χ2n) is 2.15. The SMILES string of the molecule is [C]1C=CC=C2C=CC=CN12. The van der Waals surface area contributed by atoms with Gasteiger partial charge in [0.1, 0.15) is 6.54 Å². The summed E-state index contributed by atoms with van der Waals surface area (Å²) in [6.45, 7) is 3.07. The molecule has 0 fully saturated rings. The van der Waals surface area contributed by atoms with E-state index in [4.69, 9.17) is 0 Å². The molecule has 0 bridgehead atoms. The van der Waals surface area contributed by atoms with Crippen molar-refractivity contribution in [2.75, 3.05) is 0 Å². The van der Waals surface area contributed by atoms with Crippen LogP contribution in [0.3, 0.4) is 0 Å². The van der Waals surface area contributed by atoms with E-state index in [-0.39, 0.29) is 0 Å². The summed E-state index contributed by atoms with van der Waals surface area (Å²) in [6.07, 6.45) is 14.0. The minimum atomic E-state index is 1.17. The second-order valence-corrected chi connectivity index (χ2v) is 2.15. The predicted molar refractivity (Wildman–Crippen MR) is 40.6 cm³/mol. The first-order chi connectivity index (χ1) is 4.97. The van der Waals surface area contributed by atoms with Gasteiger partial charge in [-0.05, 0) is 18.2 Å². The molecule has 0 spiro atoms. The Morgan fingerprint density at radius 3 is 3.10 bits per heavy atom. The Kier molecular flexibility index (Phi) is 1.21. The lowest BCUT2D eigenvalue weighted by atomic mass is 10.2. The zero-order valence-electron chi connectivity index (χ0n) is 5.49. The largest absolute Gasteiger partial charge is 0.333 e. The Bertz CT molecular complexity index is 243. The average Bonchev–Trinajstić information content (AvgIpc) is 2.05. The molecule has 0 aromatic heterocycles. The van der Waals surface area contributed by atoms with Gasteiger partial charge in [0, 0.05) is 11.9 Å². The molecule has 2 aliphatic rings. The standard InChI is InChI=1S/C9H7N/c1-3-7-10-8-4-2-6-9(10)5-1/h1-7H. The summed E-state index contributed by atoms with van der Waals surface area (Å²) < 4.78 is 0. The summed E-state index contributed by atoms with van der Waals surface area (Å²) in [5, 5.41) is 0. The van der Waals surface area contributed by atoms with Gasteiger partial charge in [0.15, 0.2) is 0 Å². The maximum absolute atomic E-state index is 3.07. The molecule has 1 heteroatoms. The van der Waals surface area contributed by atoms with E-state index < -0.39 is 0 Å². The first-order valence-electron chi connectivity index (χ1n) is 3.24. The molecule has 0 atom stereocenters. The van der Waals surface area contributed by atoms with Crippen LogP contribution in [-0.2, 0) is 0 Å². The van der Waals surface area contributed by atoms with E-state index in [1.54, 1.807) is 0 Å². The fraction of sp³-hybridized carbons (Fsp3) is 0. The summed E-state index contributed by atoms with van der Waals surface area (Å²) >= 11 is 0. The number of allylic oxidation sites excluding steroid dienone is 5. The third-order valence-corrected chi connectivity index (χ3v) is 1.47. The topological polar surface area (TPSA) is 3.24 Å². The van der Waals surface area contributed by atoms with Crippen LogP contribution in [-0.4, -0.2) is 4.90 Å². The quantitative estimate of drug-likeness (QED) is 0.482. The normalized spacial score (nSPS) is 20.8. The molecule has 0 amide bonds. The molecule has 0 saturated heterocycles. The minimum absolute atomic E-state index is 1.17. The molecule has 0 aromatic carbocycles. The van der Waals surface area contributed by atoms with Gasteiger partial charge >= 0.3 is 0 Å². The molecule has 2 rings (SSSR count). The van der Waals surface area contributed by atoms with Crippen LogP contribution >= 0.6 is 0 Å². The van der Waals surface area contributed by atoms with Gasteiger partial charge < -0.3 is 4.90 Å². The van der Waals surface area contributed by atoms with Gasteiger partial charge in [-0.1, -0.05) is 18.2 Å². The van der Waals surface area contributed by atoms with E-state index in [1.165, 1.54) is 5.70 Å². The van der Waals surface area contributed by atoms with E-state index in [0.29, 0.717) is 0 Å². The summed E-state index contributed by atoms with van der Waals surface area (Å²) in [6, 6.07) is 0. The van der Waals surface area contributed by atoms with Gasteiger partial charge in [-0.3, -0.25) is 0 Å². The lowest BCUT2D eigenvalue weighted by Crippen LogP contribution is -2.14. The molecular formula is C9H7N. The van der Waals surface area contributed by atoms with E-state index >= 15 is 0 Å². The van der Waals surface area contributed by atoms with Crippen molar-refractivity contribution >= 4 is 0 Å². The number of hydrogen-bond acceptors (Lipinski definition) is 1. The third-order valence-electron chi connectivity index (χ3n) is 1.47. The zero-order valence-corrected chi connectivity index (χ0v) is 5.49. The van der Waals surface area contributed by atoms with Crippen molar-refractivity contribution in [3.05, 3.63) is 54.9 Å². The lowest BCUT2D eigenvalue weighted by molar-refractivity contribution is 0.594. The predicted octanol–water partition coefficient (Wildman–Crippen LogP) is 1.86. The highest BCUT2D eigenvalue weighted by atomic mass is 15.1. The second kappa shape index (κ2) is 2.18. The summed E-state index contributed by atoms with van der Waals surface area (Å²) in [5.74, 6) is 0. The fourth-order valence-electron chi connectivity index (χ4n) is 0.980. The molecule has 2 heterocycles. The van der Waals surface area contributed by atoms with Crippen molar-refractivity contribution in [2.45, 2.75) is 0 Å². The van der Waals surface area contributed by atoms with Crippen LogP contribution in [0.1, 0.15) is 0 Å². The summed E-state index contributed by atoms with van der Waals surface area (Å²) in [5.41, 5.74) is 1.17. The summed E-state index contributed by atoms with van der Waals surface area (Å²) in [7, 11) is 0. The molecule has 0 saturated carbocycles. The van der Waals surface area contributed by atoms with Crippen LogP contribution in [0.5, 0.6) is 0 Å². The molecule has 0 unspecified atom stereocenters. The van der Waals surface area contributed by atoms with Gasteiger partial charge in [-0.2, -0.15) is 0 Å². The van der Waals surface area contributed by atoms with Gasteiger partial charge in [0.25, 0.3) is 0 Å². The maximum atomic E-state index is 3.07. The third kappa shape index (κ3) is 0.798. The van der Waals surface area contributed by atoms with Crippen LogP contribution in [0.4, 0.5) is 0 Å². The van der Waals surface area contributed by atoms with E-state index in [1.807, 2.05) is 35.4 Å². The van der Waals surface area contributed by atoms with Gasteiger partial charge in [-0.25, -0.2) is 0 Å². The van der Waals surface area contributed by atoms with Crippen LogP contribution < -0.4 is 0 Å². The van der Waals surface area contributed by atoms with Gasteiger partial charge in [-0.15, -0.1) is 0 Å². The zero-order chi connectivity index (χ0) is 6.81. The van der Waals surface area contributed by atoms with Crippen LogP contribution in [0, 0.1) is 6.54 Å². The maximum Gasteiger partial charge on any atom is 0.123 e. The fourth-order valence-corrected chi connectivity index (χ4v) is 0.980. The van der Waals surface area contributed by atoms with Crippen LogP contribution in [0.2, 0.25) is 0 Å². The van der Waals surface area contributed by atoms with Crippen molar-refractivity contribution in [1.82, 2.24) is 4.90 Å². The molecular weight excluding hydrogens is 122 g/mol. The Balaban J connectivity index is 2.34. The monoisotopic (exact) mass is 129 g/mol. The number of fused-ring (bicyclic) bond motifs is 1. The number of hydrogen-bond donors (Lipinski definition) is 0. The Morgan fingerprint density at radius 1 is 1.20 bits per heavy atom. The smallest absolute Gasteiger partial charge is 0.123 e. The van der Waals surface area contributed by atoms with Crippen molar-refractivity contribution in [1.29, 1.82) is 0 Å². The molecule has 10 heavy (non-hydrogen) atoms. The van der Waals surface area contributed by atoms with E-state index in [2.05, 4.69) is 18.7 Å². The Hall–Kier alpha value is -1.24. The Morgan fingerprint density at radius 2 is 2.20 bits per heavy atom. The summed E-state index contributed by atoms with van der Waals surface area (Å²) in [4.78, 5) is 1.96. The van der Waals surface area contributed by atoms with E-state index in [0.717, 1.165) is 0 Å². The first kappa shape index (κ1) is 5.54. The van der Waals surface area contributed by atoms with Crippen LogP contribution in [0.15, 0.2) is 48.4 Å². The van der Waals surface area contributed by atoms with Crippen molar-refractivity contribution in [2.24, 2.45) is 0 Å². The highest BCUT2D eigenvalue weighted by Gasteiger charge is 2.06. The first-order valence-corrected chi connectivity index (χ1v) is 3.24. The average molecular weight is 129 g/mol. The molecule has 0 aromatic rings. The van der Waals surface area contributed by atoms with Crippen molar-refractivity contribution < 1.29 is 0 Å². The Labute approximate surface area is 60.6 Å². The van der Waals surface area contributed by atoms with Crippen LogP contribution in [0.25, 0.3) is 0 Å². The molecule has 0 aliphatic carbocycles. The van der Waals surface area contributed by atoms with E-state index in [9.17, 15) is 0 Å². The molecule has 0 N–H and O–H groups in total. The molecule has 48 valence electrons. The highest BCUT2D eigenvalue weighted by Crippen LogP contribution is 2.17. The van der Waals surface area contributed by atoms with Crippen molar-refractivity contribution in [3.63, 3.8) is 0 Å². The lowest BCUT2D eigenvalue weighted by Gasteiger charge is -2.22. The van der Waals surface area contributed by atoms with Gasteiger partial charge in [0.05, 0.1) is 0 Å². The highest BCUT2D eigenvalue weighted by molar-refractivity contribution is 5.35. The minimum Gasteiger partial charge on any atom is -0.333 e. The van der Waals surface area contributed by atoms with Gasteiger partial charge in [0.2, 0.25) is 0 Å².